The van der Waals surface area contributed by atoms with Crippen molar-refractivity contribution < 1.29 is 19.7 Å². The van der Waals surface area contributed by atoms with Crippen LogP contribution in [0.1, 0.15) is 63.7 Å². The number of nitrogens with one attached hydrogen (secondary N) is 3. The molecule has 0 atom stereocenters. The number of carbonyl (C=O) groups is 1. The van der Waals surface area contributed by atoms with Crippen molar-refractivity contribution in [1.82, 2.24) is 16.4 Å². The predicted molar refractivity (Wildman–Crippen MR) is 135 cm³/mol. The highest BCUT2D eigenvalue weighted by Crippen LogP contribution is 2.23. The zero-order valence-electron chi connectivity index (χ0n) is 20.3. The first-order chi connectivity index (χ1) is 15.9. The normalized spacial score (nSPS) is 12.0. The summed E-state index contributed by atoms with van der Waals surface area (Å²) in [6.45, 7) is 9.23. The second kappa shape index (κ2) is 18.5. The molecule has 0 aromatic heterocycles. The number of carbonyl (C=O) groups excluding carboxylic acids is 1. The van der Waals surface area contributed by atoms with Crippen molar-refractivity contribution >= 4 is 17.7 Å². The predicted octanol–water partition coefficient (Wildman–Crippen LogP) is 5.32. The molecule has 1 aromatic carbocycles. The van der Waals surface area contributed by atoms with Crippen LogP contribution < -0.4 is 16.4 Å². The third-order valence-electron chi connectivity index (χ3n) is 4.70. The summed E-state index contributed by atoms with van der Waals surface area (Å²) in [6, 6.07) is 7.56. The highest BCUT2D eigenvalue weighted by Gasteiger charge is 2.10. The van der Waals surface area contributed by atoms with Gasteiger partial charge in [0.25, 0.3) is 5.91 Å². The van der Waals surface area contributed by atoms with E-state index in [1.807, 2.05) is 24.3 Å². The molecule has 7 nitrogen and oxygen atoms in total. The molecule has 33 heavy (non-hydrogen) atoms. The number of hydroxylamine groups is 1. The van der Waals surface area contributed by atoms with E-state index in [4.69, 9.17) is 10.0 Å². The van der Waals surface area contributed by atoms with Gasteiger partial charge >= 0.3 is 0 Å². The van der Waals surface area contributed by atoms with Gasteiger partial charge in [-0.2, -0.15) is 5.48 Å². The van der Waals surface area contributed by atoms with E-state index in [1.165, 1.54) is 16.7 Å². The lowest BCUT2D eigenvalue weighted by atomic mass is 10.1. The second-order valence-corrected chi connectivity index (χ2v) is 8.96. The summed E-state index contributed by atoms with van der Waals surface area (Å²) in [5.74, 6) is 0.624. The highest BCUT2D eigenvalue weighted by molar-refractivity contribution is 7.99. The van der Waals surface area contributed by atoms with E-state index in [-0.39, 0.29) is 19.2 Å². The smallest absolute Gasteiger partial charge is 0.254 e. The van der Waals surface area contributed by atoms with Crippen molar-refractivity contribution in [2.45, 2.75) is 58.3 Å². The molecule has 0 bridgehead atoms. The molecule has 1 aromatic rings. The Morgan fingerprint density at radius 3 is 2.42 bits per heavy atom. The number of hydrogen-bond donors (Lipinski definition) is 4. The van der Waals surface area contributed by atoms with E-state index in [2.05, 4.69) is 61.6 Å². The molecule has 0 spiro atoms. The molecule has 8 heteroatoms. The van der Waals surface area contributed by atoms with Gasteiger partial charge in [-0.05, 0) is 65.5 Å². The van der Waals surface area contributed by atoms with Crippen molar-refractivity contribution in [2.75, 3.05) is 25.6 Å². The van der Waals surface area contributed by atoms with E-state index < -0.39 is 0 Å². The first kappa shape index (κ1) is 29.1. The Balaban J connectivity index is 2.40. The van der Waals surface area contributed by atoms with E-state index in [0.29, 0.717) is 12.1 Å². The largest absolute Gasteiger partial charge is 0.327 e. The van der Waals surface area contributed by atoms with Gasteiger partial charge in [0, 0.05) is 17.2 Å². The SMILES string of the molecule is CC(C)=CCCC(C)=CCCC(C)=CCSc1ccccc1C(=O)NCONCCONO. The molecule has 0 aliphatic carbocycles. The van der Waals surface area contributed by atoms with Crippen LogP contribution in [0, 0.1) is 0 Å². The van der Waals surface area contributed by atoms with Crippen molar-refractivity contribution in [3.63, 3.8) is 0 Å². The Bertz CT molecular complexity index is 790. The first-order valence-corrected chi connectivity index (χ1v) is 12.2. The highest BCUT2D eigenvalue weighted by atomic mass is 32.2. The van der Waals surface area contributed by atoms with Crippen LogP contribution in [-0.2, 0) is 9.68 Å². The molecule has 1 rings (SSSR count). The fraction of sp³-hybridized carbons (Fsp3) is 0.480. The third kappa shape index (κ3) is 14.7. The van der Waals surface area contributed by atoms with Crippen molar-refractivity contribution in [3.05, 3.63) is 64.8 Å². The second-order valence-electron chi connectivity index (χ2n) is 7.90. The molecule has 0 unspecified atom stereocenters. The molecule has 0 fully saturated rings. The van der Waals surface area contributed by atoms with E-state index in [0.717, 1.165) is 36.3 Å². The number of allylic oxidation sites excluding steroid dienone is 5. The maximum absolute atomic E-state index is 12.5. The number of amides is 1. The molecular formula is C25H39N3O4S. The van der Waals surface area contributed by atoms with Gasteiger partial charge in [-0.3, -0.25) is 19.7 Å². The standard InChI is InChI=1S/C25H39N3O4S/c1-20(2)9-7-10-21(3)11-8-12-22(4)15-18-33-24-14-6-5-13-23(24)25(29)26-19-32-27-16-17-31-28-30/h5-6,9,11,13-15,27-28,30H,7-8,10,12,16-19H2,1-4H3,(H,26,29). The minimum atomic E-state index is -0.192. The summed E-state index contributed by atoms with van der Waals surface area (Å²) in [7, 11) is 0. The maximum atomic E-state index is 12.5. The van der Waals surface area contributed by atoms with E-state index in [9.17, 15) is 4.79 Å². The summed E-state index contributed by atoms with van der Waals surface area (Å²) < 4.78 is 0. The Kier molecular flexibility index (Phi) is 16.3. The van der Waals surface area contributed by atoms with Gasteiger partial charge in [0.15, 0.2) is 0 Å². The summed E-state index contributed by atoms with van der Waals surface area (Å²) in [6.07, 6.45) is 11.2. The van der Waals surface area contributed by atoms with E-state index in [1.54, 1.807) is 17.4 Å². The number of benzene rings is 1. The number of rotatable bonds is 17. The maximum Gasteiger partial charge on any atom is 0.254 e. The van der Waals surface area contributed by atoms with Gasteiger partial charge in [0.05, 0.1) is 12.2 Å². The van der Waals surface area contributed by atoms with Gasteiger partial charge in [-0.15, -0.1) is 11.8 Å². The van der Waals surface area contributed by atoms with Crippen molar-refractivity contribution in [1.29, 1.82) is 0 Å². The lowest BCUT2D eigenvalue weighted by molar-refractivity contribution is -0.131. The third-order valence-corrected chi connectivity index (χ3v) is 5.70. The Morgan fingerprint density at radius 2 is 1.70 bits per heavy atom. The first-order valence-electron chi connectivity index (χ1n) is 11.2. The van der Waals surface area contributed by atoms with Crippen LogP contribution in [-0.4, -0.2) is 36.7 Å². The minimum absolute atomic E-state index is 0.0185. The van der Waals surface area contributed by atoms with Crippen LogP contribution in [0.2, 0.25) is 0 Å². The molecular weight excluding hydrogens is 438 g/mol. The molecule has 0 heterocycles. The Morgan fingerprint density at radius 1 is 1.00 bits per heavy atom. The Labute approximate surface area is 202 Å². The minimum Gasteiger partial charge on any atom is -0.327 e. The zero-order valence-corrected chi connectivity index (χ0v) is 21.1. The van der Waals surface area contributed by atoms with Gasteiger partial charge in [-0.1, -0.05) is 52.7 Å². The topological polar surface area (TPSA) is 91.9 Å². The average Bonchev–Trinajstić information content (AvgIpc) is 2.78. The molecule has 0 aliphatic heterocycles. The fourth-order valence-corrected chi connectivity index (χ4v) is 3.89. The van der Waals surface area contributed by atoms with Crippen LogP contribution in [0.25, 0.3) is 0 Å². The number of hydrogen-bond acceptors (Lipinski definition) is 7. The summed E-state index contributed by atoms with van der Waals surface area (Å²) >= 11 is 1.65. The monoisotopic (exact) mass is 477 g/mol. The lowest BCUT2D eigenvalue weighted by Gasteiger charge is -2.10. The summed E-state index contributed by atoms with van der Waals surface area (Å²) in [5.41, 5.74) is 9.00. The van der Waals surface area contributed by atoms with Gasteiger partial charge in [-0.25, -0.2) is 0 Å². The fourth-order valence-electron chi connectivity index (χ4n) is 2.85. The molecule has 184 valence electrons. The van der Waals surface area contributed by atoms with Crippen LogP contribution in [0.3, 0.4) is 0 Å². The summed E-state index contributed by atoms with van der Waals surface area (Å²) in [4.78, 5) is 23.1. The molecule has 0 radical (unpaired) electrons. The van der Waals surface area contributed by atoms with Crippen LogP contribution in [0.4, 0.5) is 0 Å². The van der Waals surface area contributed by atoms with Crippen LogP contribution in [0.15, 0.2) is 64.1 Å². The summed E-state index contributed by atoms with van der Waals surface area (Å²) in [5, 5.41) is 11.0. The molecule has 0 saturated heterocycles. The van der Waals surface area contributed by atoms with Crippen molar-refractivity contribution in [2.24, 2.45) is 0 Å². The Hall–Kier alpha value is -1.94. The average molecular weight is 478 g/mol. The molecule has 0 saturated carbocycles. The van der Waals surface area contributed by atoms with Crippen LogP contribution in [0.5, 0.6) is 0 Å². The van der Waals surface area contributed by atoms with Gasteiger partial charge in [0.2, 0.25) is 0 Å². The van der Waals surface area contributed by atoms with Gasteiger partial charge in [0.1, 0.15) is 6.73 Å². The quantitative estimate of drug-likeness (QED) is 0.0794. The lowest BCUT2D eigenvalue weighted by Crippen LogP contribution is -2.32. The van der Waals surface area contributed by atoms with Crippen LogP contribution >= 0.6 is 11.8 Å². The molecule has 4 N–H and O–H groups in total. The molecule has 0 aliphatic rings. The van der Waals surface area contributed by atoms with E-state index >= 15 is 0 Å². The molecule has 1 amide bonds. The van der Waals surface area contributed by atoms with Gasteiger partial charge < -0.3 is 5.32 Å². The van der Waals surface area contributed by atoms with Crippen molar-refractivity contribution in [3.8, 4) is 0 Å². The zero-order chi connectivity index (χ0) is 24.3. The number of thioether (sulfide) groups is 1.